The molecule has 3 N–H and O–H groups in total. The average molecular weight is 589 g/mol. The van der Waals surface area contributed by atoms with Crippen LogP contribution in [0.15, 0.2) is 77.4 Å². The largest absolute Gasteiger partial charge is 0.481 e. The topological polar surface area (TPSA) is 144 Å². The molecule has 9 nitrogen and oxygen atoms in total. The van der Waals surface area contributed by atoms with Crippen molar-refractivity contribution in [3.63, 3.8) is 0 Å². The second kappa shape index (κ2) is 10.3. The predicted molar refractivity (Wildman–Crippen MR) is 153 cm³/mol. The number of carbonyl (C=O) groups is 3. The standard InChI is InChI=1S/C34H36O9/c1-19-22-15-17-41-24(22)18-23-26(19)27(42-29(36)20-10-6-4-7-11-20)28(43-30(37)21-12-8-5-9-13-21)34(40)32(23,2)16-14-25(35)33(34,3)31(38)39/h4-13,15,17,19,23,25-28,35,40H,14,16,18H2,1-3H3,(H,38,39). The van der Waals surface area contributed by atoms with Crippen LogP contribution in [0.1, 0.15) is 71.6 Å². The third kappa shape index (κ3) is 4.08. The number of carbonyl (C=O) groups excluding carboxylic acids is 2. The van der Waals surface area contributed by atoms with Crippen molar-refractivity contribution in [1.82, 2.24) is 0 Å². The van der Waals surface area contributed by atoms with Crippen LogP contribution in [0.2, 0.25) is 0 Å². The molecule has 226 valence electrons. The molecule has 9 atom stereocenters. The van der Waals surface area contributed by atoms with Gasteiger partial charge in [-0.15, -0.1) is 0 Å². The van der Waals surface area contributed by atoms with E-state index in [0.717, 1.165) is 5.56 Å². The Kier molecular flexibility index (Phi) is 7.01. The van der Waals surface area contributed by atoms with E-state index in [4.69, 9.17) is 13.9 Å². The van der Waals surface area contributed by atoms with E-state index in [-0.39, 0.29) is 29.9 Å². The summed E-state index contributed by atoms with van der Waals surface area (Å²) in [6, 6.07) is 18.4. The van der Waals surface area contributed by atoms with Crippen LogP contribution in [0.25, 0.3) is 0 Å². The Labute approximate surface area is 249 Å². The van der Waals surface area contributed by atoms with Gasteiger partial charge in [-0.3, -0.25) is 4.79 Å². The van der Waals surface area contributed by atoms with E-state index < -0.39 is 64.5 Å². The lowest BCUT2D eigenvalue weighted by atomic mass is 9.39. The van der Waals surface area contributed by atoms with E-state index >= 15 is 0 Å². The Bertz CT molecular complexity index is 1530. The molecule has 1 aromatic heterocycles. The fraction of sp³-hybridized carbons (Fsp3) is 0.441. The second-order valence-corrected chi connectivity index (χ2v) is 12.6. The number of furan rings is 1. The summed E-state index contributed by atoms with van der Waals surface area (Å²) in [4.78, 5) is 40.5. The van der Waals surface area contributed by atoms with Crippen molar-refractivity contribution in [3.05, 3.63) is 95.4 Å². The van der Waals surface area contributed by atoms with Crippen molar-refractivity contribution in [2.75, 3.05) is 0 Å². The van der Waals surface area contributed by atoms with Gasteiger partial charge < -0.3 is 29.2 Å². The Morgan fingerprint density at radius 2 is 1.49 bits per heavy atom. The lowest BCUT2D eigenvalue weighted by Gasteiger charge is -2.68. The van der Waals surface area contributed by atoms with E-state index in [1.165, 1.54) is 6.92 Å². The minimum atomic E-state index is -2.36. The molecule has 2 aromatic carbocycles. The molecule has 0 radical (unpaired) electrons. The number of rotatable bonds is 5. The van der Waals surface area contributed by atoms with Gasteiger partial charge in [-0.25, -0.2) is 9.59 Å². The minimum Gasteiger partial charge on any atom is -0.481 e. The maximum Gasteiger partial charge on any atom is 0.338 e. The minimum absolute atomic E-state index is 0.109. The molecule has 0 bridgehead atoms. The number of aliphatic hydroxyl groups excluding tert-OH is 1. The zero-order chi connectivity index (χ0) is 30.7. The number of fused-ring (bicyclic) bond motifs is 4. The van der Waals surface area contributed by atoms with Crippen LogP contribution in [0.4, 0.5) is 0 Å². The van der Waals surface area contributed by atoms with Crippen molar-refractivity contribution < 1.29 is 43.6 Å². The van der Waals surface area contributed by atoms with Crippen molar-refractivity contribution in [2.45, 2.75) is 69.9 Å². The molecule has 2 saturated carbocycles. The van der Waals surface area contributed by atoms with Gasteiger partial charge in [-0.05, 0) is 67.5 Å². The second-order valence-electron chi connectivity index (χ2n) is 12.6. The first-order chi connectivity index (χ1) is 20.4. The summed E-state index contributed by atoms with van der Waals surface area (Å²) < 4.78 is 18.3. The Morgan fingerprint density at radius 3 is 2.07 bits per heavy atom. The maximum atomic E-state index is 13.7. The molecule has 3 aliphatic rings. The van der Waals surface area contributed by atoms with Crippen LogP contribution in [-0.2, 0) is 20.7 Å². The highest BCUT2D eigenvalue weighted by Gasteiger charge is 2.79. The molecule has 0 amide bonds. The van der Waals surface area contributed by atoms with Gasteiger partial charge >= 0.3 is 17.9 Å². The highest BCUT2D eigenvalue weighted by Crippen LogP contribution is 2.68. The smallest absolute Gasteiger partial charge is 0.338 e. The number of hydrogen-bond acceptors (Lipinski definition) is 8. The Morgan fingerprint density at radius 1 is 0.907 bits per heavy atom. The summed E-state index contributed by atoms with van der Waals surface area (Å²) in [5.74, 6) is -3.42. The summed E-state index contributed by atoms with van der Waals surface area (Å²) >= 11 is 0. The molecular weight excluding hydrogens is 552 g/mol. The molecule has 0 saturated heterocycles. The molecule has 9 unspecified atom stereocenters. The Hall–Kier alpha value is -3.95. The first-order valence-corrected chi connectivity index (χ1v) is 14.7. The Balaban J connectivity index is 1.58. The number of benzene rings is 2. The summed E-state index contributed by atoms with van der Waals surface area (Å²) in [5.41, 5.74) is -4.38. The average Bonchev–Trinajstić information content (AvgIpc) is 3.49. The summed E-state index contributed by atoms with van der Waals surface area (Å²) in [5, 5.41) is 35.1. The van der Waals surface area contributed by atoms with Gasteiger partial charge in [-0.2, -0.15) is 0 Å². The highest BCUT2D eigenvalue weighted by atomic mass is 16.6. The van der Waals surface area contributed by atoms with E-state index in [0.29, 0.717) is 12.2 Å². The van der Waals surface area contributed by atoms with Gasteiger partial charge in [0.1, 0.15) is 22.9 Å². The van der Waals surface area contributed by atoms with Gasteiger partial charge in [-0.1, -0.05) is 50.2 Å². The normalized spacial score (nSPS) is 36.4. The van der Waals surface area contributed by atoms with E-state index in [2.05, 4.69) is 0 Å². The monoisotopic (exact) mass is 588 g/mol. The van der Waals surface area contributed by atoms with Gasteiger partial charge in [0, 0.05) is 17.8 Å². The lowest BCUT2D eigenvalue weighted by Crippen LogP contribution is -2.81. The number of aliphatic carboxylic acids is 1. The number of ether oxygens (including phenoxy) is 2. The predicted octanol–water partition coefficient (Wildman–Crippen LogP) is 4.62. The molecule has 0 aliphatic heterocycles. The third-order valence-corrected chi connectivity index (χ3v) is 10.8. The van der Waals surface area contributed by atoms with E-state index in [1.807, 2.05) is 13.0 Å². The van der Waals surface area contributed by atoms with Gasteiger partial charge in [0.2, 0.25) is 0 Å². The summed E-state index contributed by atoms with van der Waals surface area (Å²) in [6.07, 6.45) is -2.06. The van der Waals surface area contributed by atoms with Crippen LogP contribution >= 0.6 is 0 Å². The SMILES string of the molecule is CC1c2ccoc2CC2C1C(OC(=O)c1ccccc1)C(OC(=O)c1ccccc1)C1(O)C2(C)CCC(O)C1(C)C(=O)O. The number of hydrogen-bond donors (Lipinski definition) is 3. The first kappa shape index (κ1) is 29.1. The lowest BCUT2D eigenvalue weighted by molar-refractivity contribution is -0.327. The third-order valence-electron chi connectivity index (χ3n) is 10.8. The van der Waals surface area contributed by atoms with Crippen molar-refractivity contribution in [2.24, 2.45) is 22.7 Å². The number of esters is 2. The molecule has 3 aliphatic carbocycles. The highest BCUT2D eigenvalue weighted by molar-refractivity contribution is 5.90. The van der Waals surface area contributed by atoms with Gasteiger partial charge in [0.05, 0.1) is 23.5 Å². The number of carboxylic acids is 1. The number of carboxylic acid groups (broad SMARTS) is 1. The van der Waals surface area contributed by atoms with E-state index in [1.54, 1.807) is 73.9 Å². The molecule has 43 heavy (non-hydrogen) atoms. The van der Waals surface area contributed by atoms with Crippen LogP contribution in [0.5, 0.6) is 0 Å². The van der Waals surface area contributed by atoms with Crippen molar-refractivity contribution in [1.29, 1.82) is 0 Å². The maximum absolute atomic E-state index is 13.7. The first-order valence-electron chi connectivity index (χ1n) is 14.7. The zero-order valence-electron chi connectivity index (χ0n) is 24.3. The molecule has 0 spiro atoms. The molecule has 1 heterocycles. The van der Waals surface area contributed by atoms with Crippen LogP contribution < -0.4 is 0 Å². The molecule has 9 heteroatoms. The fourth-order valence-corrected chi connectivity index (χ4v) is 8.39. The molecular formula is C34H36O9. The molecule has 2 fully saturated rings. The van der Waals surface area contributed by atoms with Crippen LogP contribution in [0.3, 0.4) is 0 Å². The van der Waals surface area contributed by atoms with Crippen LogP contribution in [-0.4, -0.2) is 57.1 Å². The molecule has 6 rings (SSSR count). The summed E-state index contributed by atoms with van der Waals surface area (Å²) in [7, 11) is 0. The van der Waals surface area contributed by atoms with E-state index in [9.17, 15) is 29.7 Å². The van der Waals surface area contributed by atoms with Crippen molar-refractivity contribution >= 4 is 17.9 Å². The molecule has 3 aromatic rings. The fourth-order valence-electron chi connectivity index (χ4n) is 8.39. The van der Waals surface area contributed by atoms with Crippen molar-refractivity contribution in [3.8, 4) is 0 Å². The van der Waals surface area contributed by atoms with Gasteiger partial charge in [0.25, 0.3) is 0 Å². The summed E-state index contributed by atoms with van der Waals surface area (Å²) in [6.45, 7) is 5.07. The zero-order valence-corrected chi connectivity index (χ0v) is 24.3. The van der Waals surface area contributed by atoms with Gasteiger partial charge in [0.15, 0.2) is 6.10 Å². The van der Waals surface area contributed by atoms with Crippen LogP contribution in [0, 0.1) is 22.7 Å². The quantitative estimate of drug-likeness (QED) is 0.364. The number of aliphatic hydroxyl groups is 2.